The van der Waals surface area contributed by atoms with Crippen LogP contribution in [0.5, 0.6) is 0 Å². The Morgan fingerprint density at radius 2 is 2.00 bits per heavy atom. The molecule has 0 spiro atoms. The highest BCUT2D eigenvalue weighted by atomic mass is 32.1. The van der Waals surface area contributed by atoms with E-state index in [1.807, 2.05) is 6.08 Å². The Morgan fingerprint density at radius 3 is 2.50 bits per heavy atom. The Bertz CT molecular complexity index is 686. The van der Waals surface area contributed by atoms with E-state index < -0.39 is 0 Å². The molecule has 0 aliphatic carbocycles. The number of allylic oxidation sites excluding steroid dienone is 7. The molecule has 0 nitrogen and oxygen atoms in total. The molecule has 0 radical (unpaired) electrons. The summed E-state index contributed by atoms with van der Waals surface area (Å²) in [5.74, 6) is 3.34. The molecular weight excluding hydrogens is 308 g/mol. The van der Waals surface area contributed by atoms with Gasteiger partial charge in [0.1, 0.15) is 0 Å². The van der Waals surface area contributed by atoms with E-state index in [4.69, 9.17) is 6.42 Å². The van der Waals surface area contributed by atoms with Crippen LogP contribution in [-0.2, 0) is 0 Å². The lowest BCUT2D eigenvalue weighted by atomic mass is 9.93. The van der Waals surface area contributed by atoms with Crippen molar-refractivity contribution in [1.82, 2.24) is 0 Å². The molecular formula is C23H30S. The molecule has 0 fully saturated rings. The van der Waals surface area contributed by atoms with Gasteiger partial charge in [0, 0.05) is 4.88 Å². The summed E-state index contributed by atoms with van der Waals surface area (Å²) in [6.07, 6.45) is 17.2. The van der Waals surface area contributed by atoms with Gasteiger partial charge >= 0.3 is 0 Å². The molecule has 0 amide bonds. The number of hydrogen-bond acceptors (Lipinski definition) is 1. The second-order valence-corrected chi connectivity index (χ2v) is 7.11. The van der Waals surface area contributed by atoms with Crippen LogP contribution in [0.3, 0.4) is 0 Å². The highest BCUT2D eigenvalue weighted by molar-refractivity contribution is 7.13. The quantitative estimate of drug-likeness (QED) is 0.340. The van der Waals surface area contributed by atoms with Crippen LogP contribution in [0.4, 0.5) is 0 Å². The van der Waals surface area contributed by atoms with Crippen LogP contribution in [-0.4, -0.2) is 0 Å². The fraction of sp³-hybridized carbons (Fsp3) is 0.391. The van der Waals surface area contributed by atoms with E-state index in [0.717, 1.165) is 24.1 Å². The summed E-state index contributed by atoms with van der Waals surface area (Å²) in [6, 6.07) is 2.20. The number of hydrogen-bond donors (Lipinski definition) is 0. The van der Waals surface area contributed by atoms with E-state index in [2.05, 4.69) is 71.4 Å². The summed E-state index contributed by atoms with van der Waals surface area (Å²) in [4.78, 5) is 2.36. The van der Waals surface area contributed by atoms with Crippen molar-refractivity contribution in [3.8, 4) is 12.3 Å². The molecule has 0 saturated heterocycles. The standard InChI is InChI=1S/C23H30S/c1-8-13-19(11-4)14-15-21(17(6)9-2)23-22(18(7)10-3)16-20(12-5)24-23/h5,8,13-16,18H,1,9-11H2,2-4,6-7H3/b15-14+,19-13-,21-17-. The van der Waals surface area contributed by atoms with Crippen molar-refractivity contribution in [3.05, 3.63) is 63.4 Å². The van der Waals surface area contributed by atoms with Gasteiger partial charge in [-0.2, -0.15) is 0 Å². The molecule has 0 aliphatic heterocycles. The number of terminal acetylenes is 1. The molecule has 1 heterocycles. The summed E-state index contributed by atoms with van der Waals surface area (Å²) in [7, 11) is 0. The van der Waals surface area contributed by atoms with E-state index in [9.17, 15) is 0 Å². The fourth-order valence-electron chi connectivity index (χ4n) is 2.51. The van der Waals surface area contributed by atoms with Crippen LogP contribution < -0.4 is 0 Å². The lowest BCUT2D eigenvalue weighted by Gasteiger charge is -2.13. The Kier molecular flexibility index (Phi) is 8.58. The van der Waals surface area contributed by atoms with E-state index in [0.29, 0.717) is 5.92 Å². The molecule has 1 unspecified atom stereocenters. The third-order valence-corrected chi connectivity index (χ3v) is 5.60. The Balaban J connectivity index is 3.47. The maximum atomic E-state index is 5.67. The Hall–Kier alpha value is -1.78. The molecule has 1 rings (SSSR count). The second-order valence-electron chi connectivity index (χ2n) is 6.06. The minimum absolute atomic E-state index is 0.515. The molecule has 1 aromatic rings. The van der Waals surface area contributed by atoms with Gasteiger partial charge in [-0.15, -0.1) is 17.8 Å². The smallest absolute Gasteiger partial charge is 0.0775 e. The van der Waals surface area contributed by atoms with Crippen LogP contribution in [0.15, 0.2) is 48.1 Å². The van der Waals surface area contributed by atoms with Gasteiger partial charge in [-0.25, -0.2) is 0 Å². The summed E-state index contributed by atoms with van der Waals surface area (Å²) in [5, 5.41) is 0. The van der Waals surface area contributed by atoms with Crippen LogP contribution in [0.25, 0.3) is 5.57 Å². The predicted molar refractivity (Wildman–Crippen MR) is 112 cm³/mol. The van der Waals surface area contributed by atoms with Crippen molar-refractivity contribution < 1.29 is 0 Å². The third-order valence-electron chi connectivity index (χ3n) is 4.49. The Morgan fingerprint density at radius 1 is 1.29 bits per heavy atom. The van der Waals surface area contributed by atoms with Crippen LogP contribution in [0, 0.1) is 12.3 Å². The van der Waals surface area contributed by atoms with Gasteiger partial charge in [-0.1, -0.05) is 70.1 Å². The molecule has 128 valence electrons. The first-order valence-corrected chi connectivity index (χ1v) is 9.63. The van der Waals surface area contributed by atoms with Gasteiger partial charge in [-0.05, 0) is 54.9 Å². The zero-order valence-electron chi connectivity index (χ0n) is 15.8. The third kappa shape index (κ3) is 5.11. The van der Waals surface area contributed by atoms with E-state index in [1.165, 1.54) is 27.2 Å². The maximum absolute atomic E-state index is 5.67. The van der Waals surface area contributed by atoms with Crippen LogP contribution >= 0.6 is 11.3 Å². The second kappa shape index (κ2) is 10.2. The Labute approximate surface area is 152 Å². The topological polar surface area (TPSA) is 0 Å². The number of rotatable bonds is 8. The van der Waals surface area contributed by atoms with Gasteiger partial charge in [0.25, 0.3) is 0 Å². The average Bonchev–Trinajstić information content (AvgIpc) is 3.04. The van der Waals surface area contributed by atoms with Gasteiger partial charge < -0.3 is 0 Å². The van der Waals surface area contributed by atoms with Gasteiger partial charge in [0.2, 0.25) is 0 Å². The van der Waals surface area contributed by atoms with E-state index in [-0.39, 0.29) is 0 Å². The maximum Gasteiger partial charge on any atom is 0.0775 e. The molecule has 0 aliphatic rings. The lowest BCUT2D eigenvalue weighted by molar-refractivity contribution is 0.735. The first-order valence-electron chi connectivity index (χ1n) is 8.82. The largest absolute Gasteiger partial charge is 0.126 e. The minimum Gasteiger partial charge on any atom is -0.126 e. The number of thiophene rings is 1. The van der Waals surface area contributed by atoms with Gasteiger partial charge in [0.15, 0.2) is 0 Å². The van der Waals surface area contributed by atoms with Gasteiger partial charge in [0.05, 0.1) is 4.88 Å². The summed E-state index contributed by atoms with van der Waals surface area (Å²) in [6.45, 7) is 14.9. The van der Waals surface area contributed by atoms with Crippen molar-refractivity contribution in [2.75, 3.05) is 0 Å². The summed E-state index contributed by atoms with van der Waals surface area (Å²) < 4.78 is 0. The van der Waals surface area contributed by atoms with Crippen molar-refractivity contribution >= 4 is 16.9 Å². The molecule has 1 atom stereocenters. The normalized spacial score (nSPS) is 14.4. The minimum atomic E-state index is 0.515. The molecule has 0 bridgehead atoms. The van der Waals surface area contributed by atoms with Gasteiger partial charge in [-0.3, -0.25) is 0 Å². The first kappa shape index (κ1) is 20.3. The fourth-order valence-corrected chi connectivity index (χ4v) is 3.70. The SMILES string of the molecule is C#Cc1cc(C(C)CC)c(C(/C=C/C(=C\C=C)CC)=C(/C)CC)s1. The highest BCUT2D eigenvalue weighted by Gasteiger charge is 2.16. The monoisotopic (exact) mass is 338 g/mol. The van der Waals surface area contributed by atoms with Crippen LogP contribution in [0.1, 0.15) is 75.1 Å². The molecule has 1 heteroatoms. The average molecular weight is 339 g/mol. The highest BCUT2D eigenvalue weighted by Crippen LogP contribution is 2.37. The lowest BCUT2D eigenvalue weighted by Crippen LogP contribution is -1.94. The molecule has 24 heavy (non-hydrogen) atoms. The van der Waals surface area contributed by atoms with Crippen molar-refractivity contribution in [2.24, 2.45) is 0 Å². The first-order chi connectivity index (χ1) is 11.5. The van der Waals surface area contributed by atoms with Crippen molar-refractivity contribution in [1.29, 1.82) is 0 Å². The van der Waals surface area contributed by atoms with Crippen molar-refractivity contribution in [2.45, 2.75) is 59.8 Å². The van der Waals surface area contributed by atoms with E-state index in [1.54, 1.807) is 11.3 Å². The summed E-state index contributed by atoms with van der Waals surface area (Å²) in [5.41, 5.74) is 5.39. The summed E-state index contributed by atoms with van der Waals surface area (Å²) >= 11 is 1.74. The van der Waals surface area contributed by atoms with Crippen molar-refractivity contribution in [3.63, 3.8) is 0 Å². The zero-order valence-corrected chi connectivity index (χ0v) is 16.6. The predicted octanol–water partition coefficient (Wildman–Crippen LogP) is 7.51. The van der Waals surface area contributed by atoms with E-state index >= 15 is 0 Å². The molecule has 0 aromatic carbocycles. The molecule has 0 saturated carbocycles. The molecule has 1 aromatic heterocycles. The van der Waals surface area contributed by atoms with Crippen LogP contribution in [0.2, 0.25) is 0 Å². The molecule has 0 N–H and O–H groups in total. The zero-order chi connectivity index (χ0) is 18.1.